The maximum Gasteiger partial charge on any atom is 0.222 e. The van der Waals surface area contributed by atoms with Crippen molar-refractivity contribution >= 4 is 5.91 Å². The molecule has 0 spiro atoms. The lowest BCUT2D eigenvalue weighted by Crippen LogP contribution is -2.42. The van der Waals surface area contributed by atoms with E-state index in [-0.39, 0.29) is 42.6 Å². The number of amides is 1. The molecule has 2 aliphatic heterocycles. The van der Waals surface area contributed by atoms with Gasteiger partial charge in [-0.25, -0.2) is 4.39 Å². The van der Waals surface area contributed by atoms with E-state index in [1.807, 2.05) is 0 Å². The molecule has 4 rings (SSSR count). The molecule has 5 unspecified atom stereocenters. The molecule has 160 valence electrons. The van der Waals surface area contributed by atoms with Crippen molar-refractivity contribution in [2.24, 2.45) is 0 Å². The molecule has 7 heteroatoms. The highest BCUT2D eigenvalue weighted by Gasteiger charge is 2.50. The Hall–Kier alpha value is -1.54. The highest BCUT2D eigenvalue weighted by Crippen LogP contribution is 2.35. The summed E-state index contributed by atoms with van der Waals surface area (Å²) >= 11 is 0. The largest absolute Gasteiger partial charge is 0.388 e. The first-order chi connectivity index (χ1) is 14.1. The number of hydrogen-bond donors (Lipinski definition) is 3. The number of rotatable bonds is 7. The topological polar surface area (TPSA) is 79.8 Å². The third-order valence-electron chi connectivity index (χ3n) is 6.31. The average molecular weight is 406 g/mol. The Balaban J connectivity index is 1.18. The number of fused-ring (bicyclic) bond motifs is 1. The number of carbonyl (C=O) groups excluding carboxylic acids is 1. The molecule has 2 saturated heterocycles. The Kier molecular flexibility index (Phi) is 6.80. The van der Waals surface area contributed by atoms with Crippen LogP contribution in [-0.2, 0) is 20.8 Å². The number of carbonyl (C=O) groups is 1. The van der Waals surface area contributed by atoms with Gasteiger partial charge in [0.2, 0.25) is 5.91 Å². The molecule has 3 fully saturated rings. The molecule has 1 saturated carbocycles. The molecule has 6 nitrogen and oxygen atoms in total. The number of aliphatic hydroxyl groups excluding tert-OH is 1. The van der Waals surface area contributed by atoms with Gasteiger partial charge in [-0.15, -0.1) is 0 Å². The number of ether oxygens (including phenoxy) is 2. The summed E-state index contributed by atoms with van der Waals surface area (Å²) in [6.07, 6.45) is 5.42. The van der Waals surface area contributed by atoms with E-state index in [9.17, 15) is 14.3 Å². The van der Waals surface area contributed by atoms with Gasteiger partial charge in [0.05, 0.1) is 24.7 Å². The predicted molar refractivity (Wildman–Crippen MR) is 106 cm³/mol. The number of nitrogens with one attached hydrogen (secondary N) is 2. The van der Waals surface area contributed by atoms with Gasteiger partial charge in [0.25, 0.3) is 0 Å². The maximum absolute atomic E-state index is 12.9. The molecule has 1 aromatic carbocycles. The van der Waals surface area contributed by atoms with Crippen LogP contribution in [0.1, 0.15) is 50.5 Å². The van der Waals surface area contributed by atoms with E-state index in [0.29, 0.717) is 25.6 Å². The van der Waals surface area contributed by atoms with Crippen LogP contribution in [0.15, 0.2) is 24.3 Å². The van der Waals surface area contributed by atoms with Crippen LogP contribution >= 0.6 is 0 Å². The lowest BCUT2D eigenvalue weighted by molar-refractivity contribution is -0.124. The molecular formula is C22H31FN2O4. The summed E-state index contributed by atoms with van der Waals surface area (Å²) in [7, 11) is 0. The van der Waals surface area contributed by atoms with Crippen molar-refractivity contribution < 1.29 is 23.8 Å². The molecule has 0 bridgehead atoms. The van der Waals surface area contributed by atoms with Gasteiger partial charge in [-0.05, 0) is 30.5 Å². The third-order valence-corrected chi connectivity index (χ3v) is 6.31. The van der Waals surface area contributed by atoms with Gasteiger partial charge in [0.15, 0.2) is 0 Å². The standard InChI is InChI=1S/C22H31FN2O4/c23-15-8-6-14(7-9-15)12-25-20(26)11-17-10-18-22(28-17)21(27)19(29-18)13-24-16-4-2-1-3-5-16/h6-9,16-19,21-22,24,27H,1-5,10-13H2,(H,25,26). The quantitative estimate of drug-likeness (QED) is 0.646. The Labute approximate surface area is 171 Å². The fraction of sp³-hybridized carbons (Fsp3) is 0.682. The van der Waals surface area contributed by atoms with Crippen molar-refractivity contribution in [3.05, 3.63) is 35.6 Å². The van der Waals surface area contributed by atoms with Gasteiger partial charge >= 0.3 is 0 Å². The van der Waals surface area contributed by atoms with E-state index < -0.39 is 6.10 Å². The first-order valence-corrected chi connectivity index (χ1v) is 10.8. The van der Waals surface area contributed by atoms with Gasteiger partial charge < -0.3 is 25.2 Å². The Morgan fingerprint density at radius 3 is 2.62 bits per heavy atom. The van der Waals surface area contributed by atoms with Crippen molar-refractivity contribution in [3.63, 3.8) is 0 Å². The molecule has 5 atom stereocenters. The molecule has 3 N–H and O–H groups in total. The van der Waals surface area contributed by atoms with Crippen LogP contribution in [-0.4, -0.2) is 54.1 Å². The van der Waals surface area contributed by atoms with Crippen molar-refractivity contribution in [2.75, 3.05) is 6.54 Å². The molecule has 1 aromatic rings. The third kappa shape index (κ3) is 5.34. The van der Waals surface area contributed by atoms with Crippen LogP contribution in [0.3, 0.4) is 0 Å². The van der Waals surface area contributed by atoms with E-state index in [1.165, 1.54) is 44.2 Å². The summed E-state index contributed by atoms with van der Waals surface area (Å²) in [6, 6.07) is 6.58. The first kappa shape index (κ1) is 20.7. The summed E-state index contributed by atoms with van der Waals surface area (Å²) in [5.74, 6) is -0.416. The molecular weight excluding hydrogens is 375 g/mol. The summed E-state index contributed by atoms with van der Waals surface area (Å²) in [5, 5.41) is 17.0. The zero-order valence-corrected chi connectivity index (χ0v) is 16.7. The van der Waals surface area contributed by atoms with Gasteiger partial charge in [0.1, 0.15) is 18.0 Å². The normalized spacial score (nSPS) is 32.3. The Bertz CT molecular complexity index is 680. The predicted octanol–water partition coefficient (Wildman–Crippen LogP) is 2.04. The second-order valence-electron chi connectivity index (χ2n) is 8.51. The second kappa shape index (κ2) is 9.51. The fourth-order valence-electron chi connectivity index (χ4n) is 4.68. The first-order valence-electron chi connectivity index (χ1n) is 10.8. The van der Waals surface area contributed by atoms with Crippen LogP contribution < -0.4 is 10.6 Å². The molecule has 29 heavy (non-hydrogen) atoms. The van der Waals surface area contributed by atoms with Crippen LogP contribution in [0.5, 0.6) is 0 Å². The molecule has 0 aromatic heterocycles. The van der Waals surface area contributed by atoms with Crippen LogP contribution in [0.25, 0.3) is 0 Å². The minimum absolute atomic E-state index is 0.121. The summed E-state index contributed by atoms with van der Waals surface area (Å²) in [5.41, 5.74) is 0.844. The van der Waals surface area contributed by atoms with Crippen LogP contribution in [0.2, 0.25) is 0 Å². The minimum Gasteiger partial charge on any atom is -0.388 e. The van der Waals surface area contributed by atoms with E-state index >= 15 is 0 Å². The Morgan fingerprint density at radius 2 is 1.90 bits per heavy atom. The SMILES string of the molecule is O=C(CC1CC2OC(CNC3CCCCC3)C(O)C2O1)NCc1ccc(F)cc1. The second-order valence-corrected chi connectivity index (χ2v) is 8.51. The van der Waals surface area contributed by atoms with Crippen molar-refractivity contribution in [1.29, 1.82) is 0 Å². The fourth-order valence-corrected chi connectivity index (χ4v) is 4.68. The molecule has 2 heterocycles. The smallest absolute Gasteiger partial charge is 0.222 e. The Morgan fingerprint density at radius 1 is 1.14 bits per heavy atom. The van der Waals surface area contributed by atoms with E-state index in [4.69, 9.17) is 9.47 Å². The van der Waals surface area contributed by atoms with Gasteiger partial charge in [-0.3, -0.25) is 4.79 Å². The van der Waals surface area contributed by atoms with Gasteiger partial charge in [-0.1, -0.05) is 31.4 Å². The van der Waals surface area contributed by atoms with Gasteiger partial charge in [0, 0.05) is 25.6 Å². The summed E-state index contributed by atoms with van der Waals surface area (Å²) < 4.78 is 24.9. The average Bonchev–Trinajstić information content (AvgIpc) is 3.25. The number of halogens is 1. The molecule has 1 aliphatic carbocycles. The highest BCUT2D eigenvalue weighted by atomic mass is 19.1. The molecule has 1 amide bonds. The zero-order chi connectivity index (χ0) is 20.2. The number of hydrogen-bond acceptors (Lipinski definition) is 5. The molecule has 3 aliphatic rings. The van der Waals surface area contributed by atoms with Crippen molar-refractivity contribution in [1.82, 2.24) is 10.6 Å². The molecule has 0 radical (unpaired) electrons. The highest BCUT2D eigenvalue weighted by molar-refractivity contribution is 5.76. The summed E-state index contributed by atoms with van der Waals surface area (Å²) in [4.78, 5) is 12.2. The van der Waals surface area contributed by atoms with E-state index in [1.54, 1.807) is 12.1 Å². The number of aliphatic hydroxyl groups is 1. The zero-order valence-electron chi connectivity index (χ0n) is 16.7. The minimum atomic E-state index is -0.664. The van der Waals surface area contributed by atoms with E-state index in [2.05, 4.69) is 10.6 Å². The lowest BCUT2D eigenvalue weighted by Gasteiger charge is -2.26. The van der Waals surface area contributed by atoms with Crippen LogP contribution in [0, 0.1) is 5.82 Å². The van der Waals surface area contributed by atoms with Crippen molar-refractivity contribution in [3.8, 4) is 0 Å². The van der Waals surface area contributed by atoms with Crippen LogP contribution in [0.4, 0.5) is 4.39 Å². The summed E-state index contributed by atoms with van der Waals surface area (Å²) in [6.45, 7) is 0.998. The number of benzene rings is 1. The van der Waals surface area contributed by atoms with E-state index in [0.717, 1.165) is 5.56 Å². The van der Waals surface area contributed by atoms with Gasteiger partial charge in [-0.2, -0.15) is 0 Å². The van der Waals surface area contributed by atoms with Crippen molar-refractivity contribution in [2.45, 2.75) is 88.1 Å². The lowest BCUT2D eigenvalue weighted by atomic mass is 9.95. The maximum atomic E-state index is 12.9. The monoisotopic (exact) mass is 406 g/mol.